The van der Waals surface area contributed by atoms with Crippen molar-refractivity contribution in [2.24, 2.45) is 0 Å². The minimum absolute atomic E-state index is 0.775. The van der Waals surface area contributed by atoms with Gasteiger partial charge in [0.25, 0.3) is 5.22 Å². The van der Waals surface area contributed by atoms with Crippen LogP contribution in [-0.4, -0.2) is 16.6 Å². The minimum atomic E-state index is 0.775. The number of hydrogen-bond donors (Lipinski definition) is 0. The van der Waals surface area contributed by atoms with Gasteiger partial charge in [-0.25, -0.2) is 4.98 Å². The van der Waals surface area contributed by atoms with Gasteiger partial charge in [-0.2, -0.15) is 0 Å². The Labute approximate surface area is 88.1 Å². The summed E-state index contributed by atoms with van der Waals surface area (Å²) >= 11 is 7.24. The summed E-state index contributed by atoms with van der Waals surface area (Å²) in [7, 11) is 0. The van der Waals surface area contributed by atoms with Crippen LogP contribution in [0.25, 0.3) is 0 Å². The summed E-state index contributed by atoms with van der Waals surface area (Å²) in [6.07, 6.45) is 8.11. The number of hydrogen-bond acceptors (Lipinski definition) is 3. The van der Waals surface area contributed by atoms with Gasteiger partial charge in [-0.05, 0) is 12.8 Å². The van der Waals surface area contributed by atoms with Gasteiger partial charge in [-0.15, -0.1) is 11.6 Å². The summed E-state index contributed by atoms with van der Waals surface area (Å²) in [6, 6.07) is 0. The molecule has 1 rings (SSSR count). The van der Waals surface area contributed by atoms with E-state index in [9.17, 15) is 0 Å². The van der Waals surface area contributed by atoms with Crippen LogP contribution >= 0.6 is 23.4 Å². The average molecular weight is 220 g/mol. The average Bonchev–Trinajstić information content (AvgIpc) is 2.63. The summed E-state index contributed by atoms with van der Waals surface area (Å²) < 4.78 is 5.09. The van der Waals surface area contributed by atoms with E-state index < -0.39 is 0 Å². The Hall–Kier alpha value is -0.150. The first-order valence-electron chi connectivity index (χ1n) is 4.52. The molecule has 0 aliphatic carbocycles. The fourth-order valence-electron chi connectivity index (χ4n) is 0.991. The molecule has 0 amide bonds. The van der Waals surface area contributed by atoms with Crippen molar-refractivity contribution in [2.75, 3.05) is 11.6 Å². The van der Waals surface area contributed by atoms with Crippen molar-refractivity contribution in [2.45, 2.75) is 30.9 Å². The van der Waals surface area contributed by atoms with Crippen LogP contribution in [0, 0.1) is 0 Å². The third kappa shape index (κ3) is 5.21. The van der Waals surface area contributed by atoms with Gasteiger partial charge in [0, 0.05) is 11.6 Å². The summed E-state index contributed by atoms with van der Waals surface area (Å²) in [4.78, 5) is 4.03. The Balaban J connectivity index is 1.90. The number of thioether (sulfide) groups is 1. The molecule has 0 aromatic carbocycles. The van der Waals surface area contributed by atoms with Gasteiger partial charge in [0.05, 0.1) is 6.20 Å². The fourth-order valence-corrected chi connectivity index (χ4v) is 1.96. The lowest BCUT2D eigenvalue weighted by Crippen LogP contribution is -1.82. The first kappa shape index (κ1) is 10.9. The summed E-state index contributed by atoms with van der Waals surface area (Å²) in [6.45, 7) is 0. The monoisotopic (exact) mass is 219 g/mol. The second kappa shape index (κ2) is 7.27. The predicted molar refractivity (Wildman–Crippen MR) is 56.4 cm³/mol. The summed E-state index contributed by atoms with van der Waals surface area (Å²) in [5.74, 6) is 1.87. The quantitative estimate of drug-likeness (QED) is 0.399. The Bertz CT molecular complexity index is 203. The first-order chi connectivity index (χ1) is 6.43. The van der Waals surface area contributed by atoms with Gasteiger partial charge in [-0.1, -0.05) is 24.6 Å². The molecule has 1 aromatic heterocycles. The van der Waals surface area contributed by atoms with Crippen LogP contribution in [0.3, 0.4) is 0 Å². The molecule has 13 heavy (non-hydrogen) atoms. The number of nitrogens with zero attached hydrogens (tertiary/aromatic N) is 1. The zero-order chi connectivity index (χ0) is 9.36. The number of alkyl halides is 1. The molecule has 0 saturated heterocycles. The molecule has 0 N–H and O–H groups in total. The van der Waals surface area contributed by atoms with E-state index >= 15 is 0 Å². The van der Waals surface area contributed by atoms with Crippen molar-refractivity contribution in [3.8, 4) is 0 Å². The SMILES string of the molecule is ClCCCCCCSc1ncco1. The van der Waals surface area contributed by atoms with Crippen LogP contribution in [0.1, 0.15) is 25.7 Å². The van der Waals surface area contributed by atoms with Gasteiger partial charge < -0.3 is 4.42 Å². The molecule has 0 fully saturated rings. The third-order valence-corrected chi connectivity index (χ3v) is 2.87. The zero-order valence-electron chi connectivity index (χ0n) is 7.54. The highest BCUT2D eigenvalue weighted by atomic mass is 35.5. The van der Waals surface area contributed by atoms with Crippen LogP contribution in [-0.2, 0) is 0 Å². The van der Waals surface area contributed by atoms with Crippen molar-refractivity contribution in [1.82, 2.24) is 4.98 Å². The summed E-state index contributed by atoms with van der Waals surface area (Å²) in [5, 5.41) is 0.775. The van der Waals surface area contributed by atoms with Gasteiger partial charge in [-0.3, -0.25) is 0 Å². The molecule has 0 radical (unpaired) electrons. The predicted octanol–water partition coefficient (Wildman–Crippen LogP) is 3.57. The van der Waals surface area contributed by atoms with E-state index in [4.69, 9.17) is 16.0 Å². The highest BCUT2D eigenvalue weighted by molar-refractivity contribution is 7.99. The lowest BCUT2D eigenvalue weighted by Gasteiger charge is -1.97. The van der Waals surface area contributed by atoms with E-state index in [2.05, 4.69) is 4.98 Å². The third-order valence-electron chi connectivity index (χ3n) is 1.66. The maximum Gasteiger partial charge on any atom is 0.255 e. The van der Waals surface area contributed by atoms with Crippen molar-refractivity contribution in [3.63, 3.8) is 0 Å². The maximum absolute atomic E-state index is 5.57. The Kier molecular flexibility index (Phi) is 6.11. The normalized spacial score (nSPS) is 10.5. The molecule has 4 heteroatoms. The summed E-state index contributed by atoms with van der Waals surface area (Å²) in [5.41, 5.74) is 0. The van der Waals surface area contributed by atoms with Crippen LogP contribution in [0.15, 0.2) is 22.1 Å². The molecule has 1 aromatic rings. The highest BCUT2D eigenvalue weighted by Gasteiger charge is 1.97. The molecular formula is C9H14ClNOS. The smallest absolute Gasteiger partial charge is 0.255 e. The molecule has 0 spiro atoms. The number of rotatable bonds is 7. The second-order valence-corrected chi connectivity index (χ2v) is 4.17. The molecule has 1 heterocycles. The number of oxazole rings is 1. The van der Waals surface area contributed by atoms with Gasteiger partial charge in [0.15, 0.2) is 0 Å². The molecule has 0 saturated carbocycles. The molecular weight excluding hydrogens is 206 g/mol. The van der Waals surface area contributed by atoms with Gasteiger partial charge in [0.1, 0.15) is 6.26 Å². The van der Waals surface area contributed by atoms with E-state index in [1.807, 2.05) is 0 Å². The highest BCUT2D eigenvalue weighted by Crippen LogP contribution is 2.17. The second-order valence-electron chi connectivity index (χ2n) is 2.75. The van der Waals surface area contributed by atoms with Crippen LogP contribution in [0.4, 0.5) is 0 Å². The van der Waals surface area contributed by atoms with Crippen LogP contribution in [0.2, 0.25) is 0 Å². The first-order valence-corrected chi connectivity index (χ1v) is 6.04. The van der Waals surface area contributed by atoms with E-state index in [0.29, 0.717) is 0 Å². The molecule has 0 bridgehead atoms. The number of halogens is 1. The zero-order valence-corrected chi connectivity index (χ0v) is 9.11. The van der Waals surface area contributed by atoms with Crippen molar-refractivity contribution >= 4 is 23.4 Å². The Morgan fingerprint density at radius 3 is 2.85 bits per heavy atom. The van der Waals surface area contributed by atoms with Crippen molar-refractivity contribution in [1.29, 1.82) is 0 Å². The van der Waals surface area contributed by atoms with E-state index in [-0.39, 0.29) is 0 Å². The van der Waals surface area contributed by atoms with Gasteiger partial charge >= 0.3 is 0 Å². The largest absolute Gasteiger partial charge is 0.440 e. The maximum atomic E-state index is 5.57. The molecule has 2 nitrogen and oxygen atoms in total. The van der Waals surface area contributed by atoms with Crippen LogP contribution in [0.5, 0.6) is 0 Å². The number of unbranched alkanes of at least 4 members (excludes halogenated alkanes) is 3. The molecule has 0 atom stereocenters. The lowest BCUT2D eigenvalue weighted by atomic mass is 10.2. The topological polar surface area (TPSA) is 26.0 Å². The molecule has 74 valence electrons. The fraction of sp³-hybridized carbons (Fsp3) is 0.667. The van der Waals surface area contributed by atoms with Crippen molar-refractivity contribution in [3.05, 3.63) is 12.5 Å². The Morgan fingerprint density at radius 1 is 1.31 bits per heavy atom. The standard InChI is InChI=1S/C9H14ClNOS/c10-5-3-1-2-4-8-13-9-11-6-7-12-9/h6-7H,1-5,8H2. The lowest BCUT2D eigenvalue weighted by molar-refractivity contribution is 0.454. The van der Waals surface area contributed by atoms with Crippen molar-refractivity contribution < 1.29 is 4.42 Å². The Morgan fingerprint density at radius 2 is 2.15 bits per heavy atom. The van der Waals surface area contributed by atoms with E-state index in [1.54, 1.807) is 24.2 Å². The van der Waals surface area contributed by atoms with E-state index in [0.717, 1.165) is 23.3 Å². The molecule has 0 aliphatic heterocycles. The number of aromatic nitrogens is 1. The van der Waals surface area contributed by atoms with Gasteiger partial charge in [0.2, 0.25) is 0 Å². The minimum Gasteiger partial charge on any atom is -0.440 e. The molecule has 0 unspecified atom stereocenters. The van der Waals surface area contributed by atoms with E-state index in [1.165, 1.54) is 19.3 Å². The molecule has 0 aliphatic rings. The van der Waals surface area contributed by atoms with Crippen LogP contribution < -0.4 is 0 Å².